The van der Waals surface area contributed by atoms with Crippen LogP contribution in [0.3, 0.4) is 0 Å². The monoisotopic (exact) mass is 375 g/mol. The maximum absolute atomic E-state index is 12.0. The number of aryl methyl sites for hydroxylation is 1. The number of rotatable bonds is 4. The van der Waals surface area contributed by atoms with Gasteiger partial charge in [-0.05, 0) is 36.8 Å². The highest BCUT2D eigenvalue weighted by Crippen LogP contribution is 2.22. The third-order valence-electron chi connectivity index (χ3n) is 3.16. The Kier molecular flexibility index (Phi) is 4.49. The maximum Gasteiger partial charge on any atom is 0.234 e. The second-order valence-electron chi connectivity index (χ2n) is 4.86. The normalized spacial score (nSPS) is 10.8. The summed E-state index contributed by atoms with van der Waals surface area (Å²) in [7, 11) is 0. The summed E-state index contributed by atoms with van der Waals surface area (Å²) in [4.78, 5) is 19.6. The molecule has 0 saturated carbocycles. The number of benzene rings is 2. The van der Waals surface area contributed by atoms with Crippen LogP contribution in [-0.2, 0) is 4.79 Å². The lowest BCUT2D eigenvalue weighted by Gasteiger charge is -2.06. The van der Waals surface area contributed by atoms with E-state index >= 15 is 0 Å². The van der Waals surface area contributed by atoms with Crippen LogP contribution in [0.1, 0.15) is 5.56 Å². The molecule has 4 nitrogen and oxygen atoms in total. The Balaban J connectivity index is 1.60. The number of thioether (sulfide) groups is 1. The molecule has 0 saturated heterocycles. The summed E-state index contributed by atoms with van der Waals surface area (Å²) in [6, 6.07) is 13.6. The number of para-hydroxylation sites is 2. The Hall–Kier alpha value is -1.79. The number of anilines is 1. The van der Waals surface area contributed by atoms with Crippen molar-refractivity contribution in [3.8, 4) is 0 Å². The van der Waals surface area contributed by atoms with Gasteiger partial charge < -0.3 is 10.3 Å². The molecule has 1 heterocycles. The average Bonchev–Trinajstić information content (AvgIpc) is 2.92. The molecule has 1 aromatic heterocycles. The van der Waals surface area contributed by atoms with Crippen molar-refractivity contribution >= 4 is 50.3 Å². The van der Waals surface area contributed by atoms with Gasteiger partial charge in [0.15, 0.2) is 5.16 Å². The molecule has 3 aromatic rings. The van der Waals surface area contributed by atoms with Crippen LogP contribution in [-0.4, -0.2) is 21.6 Å². The number of aromatic nitrogens is 2. The van der Waals surface area contributed by atoms with Gasteiger partial charge in [-0.25, -0.2) is 4.98 Å². The highest BCUT2D eigenvalue weighted by molar-refractivity contribution is 9.10. The fourth-order valence-electron chi connectivity index (χ4n) is 2.00. The summed E-state index contributed by atoms with van der Waals surface area (Å²) < 4.78 is 0.982. The number of nitrogens with one attached hydrogen (secondary N) is 2. The average molecular weight is 376 g/mol. The van der Waals surface area contributed by atoms with Crippen LogP contribution in [0, 0.1) is 6.92 Å². The summed E-state index contributed by atoms with van der Waals surface area (Å²) in [5.41, 5.74) is 3.81. The molecule has 6 heteroatoms. The number of aromatic amines is 1. The third kappa shape index (κ3) is 3.51. The van der Waals surface area contributed by atoms with Gasteiger partial charge in [0, 0.05) is 10.2 Å². The fraction of sp³-hybridized carbons (Fsp3) is 0.125. The first-order chi connectivity index (χ1) is 10.6. The Morgan fingerprint density at radius 2 is 2.14 bits per heavy atom. The van der Waals surface area contributed by atoms with Gasteiger partial charge in [-0.2, -0.15) is 0 Å². The molecule has 112 valence electrons. The first-order valence-electron chi connectivity index (χ1n) is 6.75. The van der Waals surface area contributed by atoms with Crippen molar-refractivity contribution in [2.45, 2.75) is 12.1 Å². The van der Waals surface area contributed by atoms with Gasteiger partial charge in [-0.3, -0.25) is 4.79 Å². The van der Waals surface area contributed by atoms with Gasteiger partial charge in [-0.15, -0.1) is 0 Å². The summed E-state index contributed by atoms with van der Waals surface area (Å²) >= 11 is 4.85. The van der Waals surface area contributed by atoms with Crippen LogP contribution < -0.4 is 5.32 Å². The lowest BCUT2D eigenvalue weighted by Crippen LogP contribution is -2.14. The summed E-state index contributed by atoms with van der Waals surface area (Å²) in [5.74, 6) is 0.256. The van der Waals surface area contributed by atoms with Gasteiger partial charge in [0.25, 0.3) is 0 Å². The van der Waals surface area contributed by atoms with Crippen LogP contribution in [0.4, 0.5) is 5.69 Å². The Bertz CT molecular complexity index is 798. The number of nitrogens with zero attached hydrogens (tertiary/aromatic N) is 1. The van der Waals surface area contributed by atoms with Crippen molar-refractivity contribution in [3.63, 3.8) is 0 Å². The van der Waals surface area contributed by atoms with Crippen LogP contribution in [0.2, 0.25) is 0 Å². The standard InChI is InChI=1S/C16H14BrN3OS/c1-10-6-7-11(8-12(10)17)18-15(21)9-22-16-19-13-4-2-3-5-14(13)20-16/h2-8H,9H2,1H3,(H,18,21)(H,19,20). The topological polar surface area (TPSA) is 57.8 Å². The number of carbonyl (C=O) groups excluding carboxylic acids is 1. The van der Waals surface area contributed by atoms with E-state index in [1.54, 1.807) is 0 Å². The zero-order valence-electron chi connectivity index (χ0n) is 11.9. The molecule has 22 heavy (non-hydrogen) atoms. The Morgan fingerprint density at radius 1 is 1.32 bits per heavy atom. The molecule has 3 rings (SSSR count). The summed E-state index contributed by atoms with van der Waals surface area (Å²) in [5, 5.41) is 3.63. The van der Waals surface area contributed by atoms with Crippen molar-refractivity contribution in [1.82, 2.24) is 9.97 Å². The van der Waals surface area contributed by atoms with E-state index < -0.39 is 0 Å². The number of carbonyl (C=O) groups is 1. The molecule has 0 unspecified atom stereocenters. The Labute approximate surface area is 140 Å². The van der Waals surface area contributed by atoms with E-state index in [-0.39, 0.29) is 5.91 Å². The maximum atomic E-state index is 12.0. The molecule has 2 N–H and O–H groups in total. The minimum absolute atomic E-state index is 0.0544. The highest BCUT2D eigenvalue weighted by atomic mass is 79.9. The molecule has 0 atom stereocenters. The molecule has 0 bridgehead atoms. The van der Waals surface area contributed by atoms with Gasteiger partial charge in [0.05, 0.1) is 16.8 Å². The highest BCUT2D eigenvalue weighted by Gasteiger charge is 2.08. The SMILES string of the molecule is Cc1ccc(NC(=O)CSc2nc3ccccc3[nH]2)cc1Br. The molecule has 0 radical (unpaired) electrons. The number of halogens is 1. The molecule has 2 aromatic carbocycles. The van der Waals surface area contributed by atoms with E-state index in [1.165, 1.54) is 11.8 Å². The molecule has 0 aliphatic rings. The number of hydrogen-bond acceptors (Lipinski definition) is 3. The summed E-state index contributed by atoms with van der Waals surface area (Å²) in [6.07, 6.45) is 0. The number of fused-ring (bicyclic) bond motifs is 1. The van der Waals surface area contributed by atoms with E-state index in [4.69, 9.17) is 0 Å². The van der Waals surface area contributed by atoms with Gasteiger partial charge in [0.1, 0.15) is 0 Å². The molecular formula is C16H14BrN3OS. The second kappa shape index (κ2) is 6.54. The second-order valence-corrected chi connectivity index (χ2v) is 6.68. The van der Waals surface area contributed by atoms with E-state index in [1.807, 2.05) is 49.4 Å². The predicted molar refractivity (Wildman–Crippen MR) is 94.3 cm³/mol. The lowest BCUT2D eigenvalue weighted by atomic mass is 10.2. The van der Waals surface area contributed by atoms with Crippen molar-refractivity contribution in [3.05, 3.63) is 52.5 Å². The number of hydrogen-bond donors (Lipinski definition) is 2. The zero-order valence-corrected chi connectivity index (χ0v) is 14.3. The number of amides is 1. The molecule has 0 aliphatic carbocycles. The first kappa shape index (κ1) is 15.1. The van der Waals surface area contributed by atoms with Crippen LogP contribution in [0.15, 0.2) is 52.1 Å². The quantitative estimate of drug-likeness (QED) is 0.665. The zero-order chi connectivity index (χ0) is 15.5. The van der Waals surface area contributed by atoms with Crippen LogP contribution in [0.25, 0.3) is 11.0 Å². The van der Waals surface area contributed by atoms with E-state index in [9.17, 15) is 4.79 Å². The van der Waals surface area contributed by atoms with Gasteiger partial charge >= 0.3 is 0 Å². The van der Waals surface area contributed by atoms with Gasteiger partial charge in [-0.1, -0.05) is 45.9 Å². The van der Waals surface area contributed by atoms with Crippen molar-refractivity contribution in [2.75, 3.05) is 11.1 Å². The van der Waals surface area contributed by atoms with E-state index in [2.05, 4.69) is 31.2 Å². The fourth-order valence-corrected chi connectivity index (χ4v) is 3.06. The summed E-state index contributed by atoms with van der Waals surface area (Å²) in [6.45, 7) is 2.01. The molecular weight excluding hydrogens is 362 g/mol. The first-order valence-corrected chi connectivity index (χ1v) is 8.53. The number of H-pyrrole nitrogens is 1. The van der Waals surface area contributed by atoms with Crippen molar-refractivity contribution in [1.29, 1.82) is 0 Å². The number of imidazole rings is 1. The van der Waals surface area contributed by atoms with E-state index in [0.717, 1.165) is 31.9 Å². The minimum Gasteiger partial charge on any atom is -0.333 e. The molecule has 0 spiro atoms. The van der Waals surface area contributed by atoms with Crippen molar-refractivity contribution in [2.24, 2.45) is 0 Å². The molecule has 0 fully saturated rings. The van der Waals surface area contributed by atoms with Crippen LogP contribution >= 0.6 is 27.7 Å². The lowest BCUT2D eigenvalue weighted by molar-refractivity contribution is -0.113. The van der Waals surface area contributed by atoms with Crippen molar-refractivity contribution < 1.29 is 4.79 Å². The van der Waals surface area contributed by atoms with Gasteiger partial charge in [0.2, 0.25) is 5.91 Å². The molecule has 1 amide bonds. The largest absolute Gasteiger partial charge is 0.333 e. The van der Waals surface area contributed by atoms with Crippen LogP contribution in [0.5, 0.6) is 0 Å². The van der Waals surface area contributed by atoms with E-state index in [0.29, 0.717) is 5.75 Å². The molecule has 0 aliphatic heterocycles. The third-order valence-corrected chi connectivity index (χ3v) is 4.89. The predicted octanol–water partition coefficient (Wildman–Crippen LogP) is 4.36. The smallest absolute Gasteiger partial charge is 0.234 e. The Morgan fingerprint density at radius 3 is 2.91 bits per heavy atom. The minimum atomic E-state index is -0.0544.